The van der Waals surface area contributed by atoms with Gasteiger partial charge in [0.2, 0.25) is 0 Å². The zero-order chi connectivity index (χ0) is 14.0. The highest BCUT2D eigenvalue weighted by Crippen LogP contribution is 2.32. The molecule has 0 bridgehead atoms. The van der Waals surface area contributed by atoms with Crippen molar-refractivity contribution < 1.29 is 14.6 Å². The average Bonchev–Trinajstić information content (AvgIpc) is 3.19. The van der Waals surface area contributed by atoms with Gasteiger partial charge in [0, 0.05) is 12.6 Å². The van der Waals surface area contributed by atoms with Crippen molar-refractivity contribution in [2.45, 2.75) is 38.4 Å². The number of halogens is 1. The van der Waals surface area contributed by atoms with Crippen LogP contribution in [0.5, 0.6) is 5.75 Å². The fourth-order valence-electron chi connectivity index (χ4n) is 2.15. The summed E-state index contributed by atoms with van der Waals surface area (Å²) in [5.41, 5.74) is 1.01. The summed E-state index contributed by atoms with van der Waals surface area (Å²) in [4.78, 5) is 13.2. The molecule has 5 heteroatoms. The van der Waals surface area contributed by atoms with Crippen molar-refractivity contribution in [1.29, 1.82) is 0 Å². The van der Waals surface area contributed by atoms with E-state index in [2.05, 4.69) is 0 Å². The monoisotopic (exact) mass is 283 g/mol. The van der Waals surface area contributed by atoms with Crippen LogP contribution in [-0.2, 0) is 11.3 Å². The molecule has 104 valence electrons. The summed E-state index contributed by atoms with van der Waals surface area (Å²) in [6.07, 6.45) is 2.14. The van der Waals surface area contributed by atoms with Crippen LogP contribution in [0.4, 0.5) is 0 Å². The molecule has 1 aromatic carbocycles. The third kappa shape index (κ3) is 3.39. The Balaban J connectivity index is 2.13. The van der Waals surface area contributed by atoms with Crippen LogP contribution in [0.25, 0.3) is 0 Å². The topological polar surface area (TPSA) is 49.8 Å². The number of nitrogens with zero attached hydrogens (tertiary/aromatic N) is 1. The minimum absolute atomic E-state index is 0.381. The van der Waals surface area contributed by atoms with E-state index in [0.717, 1.165) is 18.4 Å². The van der Waals surface area contributed by atoms with Gasteiger partial charge in [0.25, 0.3) is 0 Å². The van der Waals surface area contributed by atoms with E-state index in [1.54, 1.807) is 14.0 Å². The second-order valence-electron chi connectivity index (χ2n) is 4.89. The molecule has 0 aliphatic heterocycles. The summed E-state index contributed by atoms with van der Waals surface area (Å²) in [6.45, 7) is 2.33. The van der Waals surface area contributed by atoms with Gasteiger partial charge in [0.15, 0.2) is 0 Å². The number of methoxy groups -OCH3 is 1. The Morgan fingerprint density at radius 2 is 2.26 bits per heavy atom. The lowest BCUT2D eigenvalue weighted by Gasteiger charge is -2.26. The van der Waals surface area contributed by atoms with E-state index in [4.69, 9.17) is 21.4 Å². The van der Waals surface area contributed by atoms with Gasteiger partial charge in [-0.2, -0.15) is 0 Å². The minimum Gasteiger partial charge on any atom is -0.495 e. The van der Waals surface area contributed by atoms with Gasteiger partial charge in [0.1, 0.15) is 11.8 Å². The third-order valence-corrected chi connectivity index (χ3v) is 3.75. The van der Waals surface area contributed by atoms with Gasteiger partial charge < -0.3 is 9.84 Å². The molecule has 0 aromatic heterocycles. The summed E-state index contributed by atoms with van der Waals surface area (Å²) in [7, 11) is 1.57. The molecule has 1 saturated carbocycles. The molecule has 1 N–H and O–H groups in total. The molecule has 0 heterocycles. The predicted molar refractivity (Wildman–Crippen MR) is 73.7 cm³/mol. The molecular formula is C14H18ClNO3. The molecule has 19 heavy (non-hydrogen) atoms. The van der Waals surface area contributed by atoms with E-state index in [0.29, 0.717) is 23.4 Å². The average molecular weight is 284 g/mol. The zero-order valence-electron chi connectivity index (χ0n) is 11.1. The number of carbonyl (C=O) groups is 1. The number of carboxylic acids is 1. The largest absolute Gasteiger partial charge is 0.495 e. The van der Waals surface area contributed by atoms with E-state index in [1.807, 2.05) is 23.1 Å². The van der Waals surface area contributed by atoms with Gasteiger partial charge in [-0.15, -0.1) is 0 Å². The first kappa shape index (κ1) is 14.2. The van der Waals surface area contributed by atoms with Gasteiger partial charge in [-0.3, -0.25) is 9.69 Å². The molecule has 1 aromatic rings. The van der Waals surface area contributed by atoms with Crippen molar-refractivity contribution in [1.82, 2.24) is 4.90 Å². The molecular weight excluding hydrogens is 266 g/mol. The Kier molecular flexibility index (Phi) is 4.32. The second-order valence-corrected chi connectivity index (χ2v) is 5.29. The van der Waals surface area contributed by atoms with E-state index >= 15 is 0 Å². The standard InChI is InChI=1S/C14H18ClNO3/c1-9(14(17)18)16(11-4-5-11)8-10-3-6-13(19-2)12(15)7-10/h3,6-7,9,11H,4-5,8H2,1-2H3,(H,17,18). The first-order valence-corrected chi connectivity index (χ1v) is 6.71. The Bertz CT molecular complexity index is 474. The second kappa shape index (κ2) is 5.80. The van der Waals surface area contributed by atoms with E-state index in [9.17, 15) is 4.79 Å². The lowest BCUT2D eigenvalue weighted by molar-refractivity contribution is -0.143. The van der Waals surface area contributed by atoms with Crippen LogP contribution in [0.1, 0.15) is 25.3 Å². The van der Waals surface area contributed by atoms with Gasteiger partial charge in [-0.1, -0.05) is 17.7 Å². The fraction of sp³-hybridized carbons (Fsp3) is 0.500. The van der Waals surface area contributed by atoms with Crippen molar-refractivity contribution in [2.24, 2.45) is 0 Å². The first-order valence-electron chi connectivity index (χ1n) is 6.34. The Labute approximate surface area is 117 Å². The number of aliphatic carboxylic acids is 1. The summed E-state index contributed by atoms with van der Waals surface area (Å²) >= 11 is 6.09. The summed E-state index contributed by atoms with van der Waals surface area (Å²) in [6, 6.07) is 5.48. The third-order valence-electron chi connectivity index (χ3n) is 3.45. The molecule has 0 radical (unpaired) electrons. The maximum Gasteiger partial charge on any atom is 0.320 e. The van der Waals surface area contributed by atoms with Crippen LogP contribution in [0, 0.1) is 0 Å². The number of ether oxygens (including phenoxy) is 1. The normalized spacial score (nSPS) is 16.4. The van der Waals surface area contributed by atoms with Crippen LogP contribution < -0.4 is 4.74 Å². The molecule has 1 aliphatic rings. The Morgan fingerprint density at radius 3 is 2.74 bits per heavy atom. The van der Waals surface area contributed by atoms with Crippen LogP contribution in [0.3, 0.4) is 0 Å². The van der Waals surface area contributed by atoms with Crippen LogP contribution >= 0.6 is 11.6 Å². The smallest absolute Gasteiger partial charge is 0.320 e. The number of benzene rings is 1. The van der Waals surface area contributed by atoms with E-state index < -0.39 is 12.0 Å². The molecule has 1 fully saturated rings. The quantitative estimate of drug-likeness (QED) is 0.872. The van der Waals surface area contributed by atoms with Crippen molar-refractivity contribution in [3.05, 3.63) is 28.8 Å². The van der Waals surface area contributed by atoms with Gasteiger partial charge in [-0.05, 0) is 37.5 Å². The highest BCUT2D eigenvalue weighted by molar-refractivity contribution is 6.32. The summed E-state index contributed by atoms with van der Waals surface area (Å²) in [5.74, 6) is -0.152. The number of hydrogen-bond donors (Lipinski definition) is 1. The molecule has 1 atom stereocenters. The van der Waals surface area contributed by atoms with Crippen molar-refractivity contribution in [3.8, 4) is 5.75 Å². The van der Waals surface area contributed by atoms with E-state index in [-0.39, 0.29) is 0 Å². The number of rotatable bonds is 6. The van der Waals surface area contributed by atoms with Crippen LogP contribution in [-0.4, -0.2) is 35.2 Å². The molecule has 0 amide bonds. The molecule has 1 unspecified atom stereocenters. The van der Waals surface area contributed by atoms with Crippen LogP contribution in [0.2, 0.25) is 5.02 Å². The molecule has 0 saturated heterocycles. The Morgan fingerprint density at radius 1 is 1.58 bits per heavy atom. The predicted octanol–water partition coefficient (Wildman–Crippen LogP) is 2.79. The lowest BCUT2D eigenvalue weighted by atomic mass is 10.1. The number of hydrogen-bond acceptors (Lipinski definition) is 3. The van der Waals surface area contributed by atoms with Crippen molar-refractivity contribution in [2.75, 3.05) is 7.11 Å². The van der Waals surface area contributed by atoms with Gasteiger partial charge in [-0.25, -0.2) is 0 Å². The molecule has 2 rings (SSSR count). The van der Waals surface area contributed by atoms with Crippen molar-refractivity contribution in [3.63, 3.8) is 0 Å². The maximum absolute atomic E-state index is 11.1. The molecule has 1 aliphatic carbocycles. The number of carboxylic acid groups (broad SMARTS) is 1. The minimum atomic E-state index is -0.786. The first-order chi connectivity index (χ1) is 9.02. The highest BCUT2D eigenvalue weighted by atomic mass is 35.5. The molecule has 4 nitrogen and oxygen atoms in total. The maximum atomic E-state index is 11.1. The lowest BCUT2D eigenvalue weighted by Crippen LogP contribution is -2.39. The SMILES string of the molecule is COc1ccc(CN(C2CC2)C(C)C(=O)O)cc1Cl. The fourth-order valence-corrected chi connectivity index (χ4v) is 2.43. The Hall–Kier alpha value is -1.26. The van der Waals surface area contributed by atoms with Gasteiger partial charge in [0.05, 0.1) is 12.1 Å². The van der Waals surface area contributed by atoms with Gasteiger partial charge >= 0.3 is 5.97 Å². The summed E-state index contributed by atoms with van der Waals surface area (Å²) < 4.78 is 5.11. The summed E-state index contributed by atoms with van der Waals surface area (Å²) in [5, 5.41) is 9.71. The van der Waals surface area contributed by atoms with E-state index in [1.165, 1.54) is 0 Å². The zero-order valence-corrected chi connectivity index (χ0v) is 11.9. The highest BCUT2D eigenvalue weighted by Gasteiger charge is 2.34. The van der Waals surface area contributed by atoms with Crippen molar-refractivity contribution >= 4 is 17.6 Å². The molecule has 0 spiro atoms. The van der Waals surface area contributed by atoms with Crippen LogP contribution in [0.15, 0.2) is 18.2 Å².